The molecule has 0 atom stereocenters. The molecule has 0 saturated heterocycles. The minimum absolute atomic E-state index is 0. The molecule has 15 nitrogen and oxygen atoms in total. The molecular formula is C60H52Cl2N15Y3-3. The molecule has 8 heterocycles. The van der Waals surface area contributed by atoms with Gasteiger partial charge in [0, 0.05) is 206 Å². The number of pyridine rings is 4. The van der Waals surface area contributed by atoms with E-state index in [1.165, 1.54) is 5.56 Å². The Labute approximate surface area is 550 Å². The number of aryl methyl sites for hydroxylation is 4. The van der Waals surface area contributed by atoms with Crippen molar-refractivity contribution < 1.29 is 98.1 Å². The van der Waals surface area contributed by atoms with E-state index in [-0.39, 0.29) is 116 Å². The van der Waals surface area contributed by atoms with E-state index in [9.17, 15) is 0 Å². The first-order valence-corrected chi connectivity index (χ1v) is 25.0. The van der Waals surface area contributed by atoms with Crippen molar-refractivity contribution in [1.82, 2.24) is 60.7 Å². The second-order valence-electron chi connectivity index (χ2n) is 18.2. The molecular weight excluding hydrogens is 1270 g/mol. The molecule has 80 heavy (non-hydrogen) atoms. The number of aromatic nitrogens is 12. The van der Waals surface area contributed by atoms with Crippen LogP contribution in [0.1, 0.15) is 67.3 Å². The van der Waals surface area contributed by atoms with Crippen molar-refractivity contribution in [3.8, 4) is 0 Å². The van der Waals surface area contributed by atoms with Gasteiger partial charge < -0.3 is 27.8 Å². The van der Waals surface area contributed by atoms with Crippen LogP contribution < -0.4 is 0 Å². The van der Waals surface area contributed by atoms with Crippen molar-refractivity contribution in [2.75, 3.05) is 0 Å². The predicted molar refractivity (Wildman–Crippen MR) is 309 cm³/mol. The normalized spacial score (nSPS) is 10.3. The molecule has 0 fully saturated rings. The number of nitrogens with one attached hydrogen (secondary N) is 2. The molecule has 12 aromatic rings. The van der Waals surface area contributed by atoms with E-state index in [1.54, 1.807) is 49.6 Å². The van der Waals surface area contributed by atoms with Crippen molar-refractivity contribution in [2.45, 2.75) is 53.4 Å². The van der Waals surface area contributed by atoms with Gasteiger partial charge in [-0.25, -0.2) is 0 Å². The average molecular weight is 1320 g/mol. The summed E-state index contributed by atoms with van der Waals surface area (Å²) in [5.41, 5.74) is 28.6. The van der Waals surface area contributed by atoms with Crippen LogP contribution in [-0.4, -0.2) is 60.7 Å². The molecule has 0 spiro atoms. The molecule has 0 aliphatic carbocycles. The number of hydrogen-bond acceptors (Lipinski definition) is 12. The third-order valence-electron chi connectivity index (χ3n) is 12.4. The van der Waals surface area contributed by atoms with Crippen LogP contribution in [0.3, 0.4) is 0 Å². The van der Waals surface area contributed by atoms with Gasteiger partial charge in [-0.2, -0.15) is 10.2 Å². The number of hydrogen-bond donors (Lipinski definition) is 0. The Kier molecular flexibility index (Phi) is 25.6. The van der Waals surface area contributed by atoms with E-state index in [0.29, 0.717) is 23.1 Å². The standard InChI is InChI=1S/2C15H12ClN3.2C15H13N4.H2N.3Y/c1-10-2-3-12-13(8-10)14(18-19-15(12)16)9-11-4-6-17-7-5-11;1-10-2-3-12-13(8-10)15(16)19-18-14(12)9-11-4-6-17-7-5-11;1-10-2-3-12-13(8-10)14(18-19-15(12)16)9-11-4-6-17-7-5-11;1-10-2-3-12-13(8-10)15(16)19-18-14(12)9-11-4-6-17-7-5-11;;;;/h2*2-8H,9H2,1H3;2*2-8H,9H2,1H3,(H-,16,19);1H2;;;/q;;3*-1;;;. The minimum atomic E-state index is 0. The number of rotatable bonds is 8. The molecule has 393 valence electrons. The number of nitrogens with two attached hydrogens (primary N) is 1. The fourth-order valence-corrected chi connectivity index (χ4v) is 8.92. The van der Waals surface area contributed by atoms with E-state index in [0.717, 1.165) is 118 Å². The van der Waals surface area contributed by atoms with Gasteiger partial charge in [-0.3, -0.25) is 30.1 Å². The zero-order valence-corrected chi connectivity index (χ0v) is 54.5. The molecule has 4 aromatic carbocycles. The molecule has 8 aromatic heterocycles. The summed E-state index contributed by atoms with van der Waals surface area (Å²) in [7, 11) is 0. The Morgan fingerprint density at radius 2 is 0.562 bits per heavy atom. The summed E-state index contributed by atoms with van der Waals surface area (Å²) in [5.74, 6) is 0.464. The molecule has 0 saturated carbocycles. The van der Waals surface area contributed by atoms with Gasteiger partial charge in [-0.1, -0.05) is 100 Å². The van der Waals surface area contributed by atoms with Gasteiger partial charge in [0.2, 0.25) is 0 Å². The average Bonchev–Trinajstić information content (AvgIpc) is 3.46. The maximum absolute atomic E-state index is 7.85. The number of halogens is 2. The number of nitrogens with zero attached hydrogens (tertiary/aromatic N) is 12. The quantitative estimate of drug-likeness (QED) is 0.138. The van der Waals surface area contributed by atoms with Crippen LogP contribution >= 0.6 is 23.2 Å². The molecule has 12 rings (SSSR count). The van der Waals surface area contributed by atoms with Crippen molar-refractivity contribution in [1.29, 1.82) is 0 Å². The van der Waals surface area contributed by atoms with Crippen LogP contribution in [0.4, 0.5) is 11.6 Å². The van der Waals surface area contributed by atoms with Crippen molar-refractivity contribution in [3.63, 3.8) is 0 Å². The summed E-state index contributed by atoms with van der Waals surface area (Å²) in [6, 6.07) is 40.2. The zero-order chi connectivity index (χ0) is 53.0. The topological polar surface area (TPSA) is 236 Å². The van der Waals surface area contributed by atoms with Gasteiger partial charge in [0.1, 0.15) is 0 Å². The predicted octanol–water partition coefficient (Wildman–Crippen LogP) is 15.1. The van der Waals surface area contributed by atoms with E-state index in [2.05, 4.69) is 91.9 Å². The van der Waals surface area contributed by atoms with Crippen molar-refractivity contribution >= 4 is 77.9 Å². The molecule has 0 bridgehead atoms. The molecule has 3 radical (unpaired) electrons. The van der Waals surface area contributed by atoms with Crippen LogP contribution in [0, 0.1) is 27.7 Å². The van der Waals surface area contributed by atoms with Gasteiger partial charge >= 0.3 is 0 Å². The largest absolute Gasteiger partial charge is 0.693 e. The first kappa shape index (κ1) is 65.1. The van der Waals surface area contributed by atoms with Crippen molar-refractivity contribution in [2.24, 2.45) is 0 Å². The molecule has 4 N–H and O–H groups in total. The Balaban J connectivity index is 0.000000193. The number of benzene rings is 4. The number of fused-ring (bicyclic) bond motifs is 4. The summed E-state index contributed by atoms with van der Waals surface area (Å²) in [4.78, 5) is 16.1. The summed E-state index contributed by atoms with van der Waals surface area (Å²) in [5, 5.41) is 41.5. The molecule has 20 heteroatoms. The summed E-state index contributed by atoms with van der Waals surface area (Å²) in [6.07, 6.45) is 17.1. The van der Waals surface area contributed by atoms with Crippen LogP contribution in [-0.2, 0) is 124 Å². The third-order valence-corrected chi connectivity index (χ3v) is 13.0. The zero-order valence-electron chi connectivity index (χ0n) is 44.4. The van der Waals surface area contributed by atoms with E-state index >= 15 is 0 Å². The Bertz CT molecular complexity index is 3690. The van der Waals surface area contributed by atoms with Gasteiger partial charge in [-0.15, -0.1) is 10.2 Å². The van der Waals surface area contributed by atoms with E-state index < -0.39 is 0 Å². The molecule has 0 amide bonds. The fourth-order valence-electron chi connectivity index (χ4n) is 8.52. The summed E-state index contributed by atoms with van der Waals surface area (Å²) in [6.45, 7) is 8.16. The van der Waals surface area contributed by atoms with Gasteiger partial charge in [0.15, 0.2) is 10.3 Å². The molecule has 0 aliphatic rings. The van der Waals surface area contributed by atoms with Crippen LogP contribution in [0.5, 0.6) is 0 Å². The van der Waals surface area contributed by atoms with Gasteiger partial charge in [0.05, 0.1) is 22.8 Å². The van der Waals surface area contributed by atoms with E-state index in [4.69, 9.17) is 34.7 Å². The van der Waals surface area contributed by atoms with Crippen LogP contribution in [0.2, 0.25) is 10.3 Å². The van der Waals surface area contributed by atoms with Gasteiger partial charge in [0.25, 0.3) is 0 Å². The maximum Gasteiger partial charge on any atom is 0.159 e. The second kappa shape index (κ2) is 31.5. The van der Waals surface area contributed by atoms with Crippen LogP contribution in [0.15, 0.2) is 171 Å². The van der Waals surface area contributed by atoms with Gasteiger partial charge in [-0.05, 0) is 139 Å². The first-order valence-electron chi connectivity index (χ1n) is 24.3. The van der Waals surface area contributed by atoms with Crippen LogP contribution in [0.25, 0.3) is 60.7 Å². The third kappa shape index (κ3) is 17.2. The molecule has 0 unspecified atom stereocenters. The Morgan fingerprint density at radius 3 is 0.950 bits per heavy atom. The summed E-state index contributed by atoms with van der Waals surface area (Å²) < 4.78 is 0. The Morgan fingerprint density at radius 1 is 0.300 bits per heavy atom. The Hall–Kier alpha value is -5.71. The SMILES string of the molecule is Cc1ccc2c(Cc3ccncc3)nnc(Cl)c2c1.Cc1ccc2c(Cc3ccncc3)nnc([NH-])c2c1.Cc1ccc2c(Cl)nnc(Cc3ccncc3)c2c1.Cc1ccc2c([NH-])nnc(Cc3ccncc3)c2c1.[NH2-].[Y].[Y].[Y]. The fraction of sp³-hybridized carbons (Fsp3) is 0.133. The van der Waals surface area contributed by atoms with Crippen molar-refractivity contribution in [3.05, 3.63) is 266 Å². The molecule has 0 aliphatic heterocycles. The maximum atomic E-state index is 7.85. The first-order chi connectivity index (χ1) is 36.9. The smallest absolute Gasteiger partial charge is 0.159 e. The second-order valence-corrected chi connectivity index (χ2v) is 18.9. The minimum Gasteiger partial charge on any atom is -0.693 e. The summed E-state index contributed by atoms with van der Waals surface area (Å²) >= 11 is 12.2. The monoisotopic (exact) mass is 1320 g/mol. The van der Waals surface area contributed by atoms with E-state index in [1.807, 2.05) is 118 Å².